The molecule has 86 valence electrons. The maximum absolute atomic E-state index is 2.44. The zero-order valence-corrected chi connectivity index (χ0v) is 11.7. The third kappa shape index (κ3) is 1.75. The van der Waals surface area contributed by atoms with Gasteiger partial charge in [-0.3, -0.25) is 0 Å². The van der Waals surface area contributed by atoms with Gasteiger partial charge >= 0.3 is 0 Å². The fraction of sp³-hybridized carbons (Fsp3) is 0.250. The molecule has 0 nitrogen and oxygen atoms in total. The van der Waals surface area contributed by atoms with E-state index in [0.29, 0.717) is 0 Å². The molecule has 0 saturated heterocycles. The second-order valence-corrected chi connectivity index (χ2v) is 11.0. The lowest BCUT2D eigenvalue weighted by Crippen LogP contribution is -2.37. The summed E-state index contributed by atoms with van der Waals surface area (Å²) in [6.07, 6.45) is 1.11. The van der Waals surface area contributed by atoms with E-state index < -0.39 is 8.07 Å². The zero-order chi connectivity index (χ0) is 12.0. The number of benzene rings is 2. The summed E-state index contributed by atoms with van der Waals surface area (Å²) in [4.78, 5) is 0. The molecule has 0 atom stereocenters. The van der Waals surface area contributed by atoms with Crippen molar-refractivity contribution in [3.05, 3.63) is 53.6 Å². The molecular weight excluding hydrogens is 220 g/mol. The molecule has 17 heavy (non-hydrogen) atoms. The number of rotatable bonds is 1. The molecule has 0 saturated carbocycles. The van der Waals surface area contributed by atoms with E-state index in [2.05, 4.69) is 62.1 Å². The van der Waals surface area contributed by atoms with Gasteiger partial charge < -0.3 is 0 Å². The van der Waals surface area contributed by atoms with Crippen molar-refractivity contribution < 1.29 is 0 Å². The highest BCUT2D eigenvalue weighted by Crippen LogP contribution is 2.35. The summed E-state index contributed by atoms with van der Waals surface area (Å²) >= 11 is 0. The van der Waals surface area contributed by atoms with Gasteiger partial charge in [0.2, 0.25) is 0 Å². The molecule has 0 fully saturated rings. The molecule has 0 spiro atoms. The van der Waals surface area contributed by atoms with Crippen LogP contribution in [0.25, 0.3) is 11.1 Å². The molecule has 0 radical (unpaired) electrons. The van der Waals surface area contributed by atoms with Crippen LogP contribution in [0, 0.1) is 0 Å². The van der Waals surface area contributed by atoms with Crippen LogP contribution in [0.15, 0.2) is 42.5 Å². The summed E-state index contributed by atoms with van der Waals surface area (Å²) in [7, 11) is -1.20. The SMILES string of the molecule is C[Si](C)(C)c1ccc2c(c1)-c1ccccc1C2. The third-order valence-electron chi connectivity index (χ3n) is 3.66. The van der Waals surface area contributed by atoms with Crippen LogP contribution in [0.2, 0.25) is 19.6 Å². The molecule has 0 heterocycles. The third-order valence-corrected chi connectivity index (χ3v) is 5.71. The minimum absolute atomic E-state index is 1.11. The molecule has 2 aromatic carbocycles. The number of hydrogen-bond acceptors (Lipinski definition) is 0. The Labute approximate surface area is 104 Å². The highest BCUT2D eigenvalue weighted by atomic mass is 28.3. The van der Waals surface area contributed by atoms with E-state index in [0.717, 1.165) is 6.42 Å². The Morgan fingerprint density at radius 1 is 0.824 bits per heavy atom. The fourth-order valence-electron chi connectivity index (χ4n) is 2.59. The molecule has 3 rings (SSSR count). The van der Waals surface area contributed by atoms with Crippen LogP contribution >= 0.6 is 0 Å². The smallest absolute Gasteiger partial charge is 0.0656 e. The van der Waals surface area contributed by atoms with Crippen molar-refractivity contribution in [2.75, 3.05) is 0 Å². The van der Waals surface area contributed by atoms with Crippen LogP contribution in [0.5, 0.6) is 0 Å². The second kappa shape index (κ2) is 3.57. The van der Waals surface area contributed by atoms with E-state index in [9.17, 15) is 0 Å². The van der Waals surface area contributed by atoms with Gasteiger partial charge in [-0.2, -0.15) is 0 Å². The lowest BCUT2D eigenvalue weighted by molar-refractivity contribution is 1.26. The summed E-state index contributed by atoms with van der Waals surface area (Å²) in [6, 6.07) is 15.9. The van der Waals surface area contributed by atoms with Crippen molar-refractivity contribution in [1.29, 1.82) is 0 Å². The minimum atomic E-state index is -1.20. The average Bonchev–Trinajstić information content (AvgIpc) is 2.65. The summed E-state index contributed by atoms with van der Waals surface area (Å²) < 4.78 is 0. The molecule has 0 N–H and O–H groups in total. The fourth-order valence-corrected chi connectivity index (χ4v) is 3.75. The molecular formula is C16H18Si. The van der Waals surface area contributed by atoms with Crippen LogP contribution in [0.3, 0.4) is 0 Å². The van der Waals surface area contributed by atoms with Gasteiger partial charge in [-0.15, -0.1) is 0 Å². The van der Waals surface area contributed by atoms with Gasteiger partial charge in [0.05, 0.1) is 8.07 Å². The summed E-state index contributed by atoms with van der Waals surface area (Å²) in [6.45, 7) is 7.24. The Hall–Kier alpha value is -1.34. The van der Waals surface area contributed by atoms with E-state index in [1.54, 1.807) is 5.19 Å². The first-order chi connectivity index (χ1) is 8.05. The Kier molecular flexibility index (Phi) is 2.27. The van der Waals surface area contributed by atoms with E-state index in [-0.39, 0.29) is 0 Å². The number of hydrogen-bond donors (Lipinski definition) is 0. The molecule has 0 aliphatic heterocycles. The first kappa shape index (κ1) is 10.8. The molecule has 1 heteroatoms. The lowest BCUT2D eigenvalue weighted by atomic mass is 10.1. The first-order valence-electron chi connectivity index (χ1n) is 6.27. The van der Waals surface area contributed by atoms with Gasteiger partial charge in [-0.05, 0) is 28.7 Å². The lowest BCUT2D eigenvalue weighted by Gasteiger charge is -2.17. The monoisotopic (exact) mass is 238 g/mol. The molecule has 0 bridgehead atoms. The predicted octanol–water partition coefficient (Wildman–Crippen LogP) is 3.80. The van der Waals surface area contributed by atoms with Crippen molar-refractivity contribution >= 4 is 13.3 Å². The van der Waals surface area contributed by atoms with Crippen molar-refractivity contribution in [3.8, 4) is 11.1 Å². The maximum atomic E-state index is 2.44. The van der Waals surface area contributed by atoms with Crippen molar-refractivity contribution in [2.45, 2.75) is 26.1 Å². The highest BCUT2D eigenvalue weighted by molar-refractivity contribution is 6.88. The quantitative estimate of drug-likeness (QED) is 0.566. The highest BCUT2D eigenvalue weighted by Gasteiger charge is 2.22. The molecule has 1 aliphatic carbocycles. The van der Waals surface area contributed by atoms with Gasteiger partial charge in [0.1, 0.15) is 0 Å². The predicted molar refractivity (Wildman–Crippen MR) is 77.7 cm³/mol. The summed E-state index contributed by atoms with van der Waals surface area (Å²) in [5.41, 5.74) is 5.89. The maximum Gasteiger partial charge on any atom is 0.0776 e. The van der Waals surface area contributed by atoms with Gasteiger partial charge in [0, 0.05) is 0 Å². The van der Waals surface area contributed by atoms with Crippen LogP contribution in [0.4, 0.5) is 0 Å². The van der Waals surface area contributed by atoms with Crippen molar-refractivity contribution in [2.24, 2.45) is 0 Å². The van der Waals surface area contributed by atoms with Crippen LogP contribution < -0.4 is 5.19 Å². The van der Waals surface area contributed by atoms with Crippen LogP contribution in [-0.4, -0.2) is 8.07 Å². The zero-order valence-electron chi connectivity index (χ0n) is 10.7. The van der Waals surface area contributed by atoms with Crippen LogP contribution in [0.1, 0.15) is 11.1 Å². The largest absolute Gasteiger partial charge is 0.0776 e. The Morgan fingerprint density at radius 2 is 1.53 bits per heavy atom. The van der Waals surface area contributed by atoms with Gasteiger partial charge in [-0.1, -0.05) is 67.3 Å². The van der Waals surface area contributed by atoms with Gasteiger partial charge in [0.15, 0.2) is 0 Å². The van der Waals surface area contributed by atoms with E-state index >= 15 is 0 Å². The first-order valence-corrected chi connectivity index (χ1v) is 9.77. The number of fused-ring (bicyclic) bond motifs is 3. The normalized spacial score (nSPS) is 13.4. The van der Waals surface area contributed by atoms with Crippen molar-refractivity contribution in [1.82, 2.24) is 0 Å². The van der Waals surface area contributed by atoms with Gasteiger partial charge in [-0.25, -0.2) is 0 Å². The van der Waals surface area contributed by atoms with Crippen molar-refractivity contribution in [3.63, 3.8) is 0 Å². The minimum Gasteiger partial charge on any atom is -0.0656 e. The average molecular weight is 238 g/mol. The molecule has 0 amide bonds. The molecule has 1 aliphatic rings. The molecule has 0 aromatic heterocycles. The second-order valence-electron chi connectivity index (χ2n) is 5.96. The standard InChI is InChI=1S/C16H18Si/c1-17(2,3)14-9-8-13-10-12-6-4-5-7-15(12)16(13)11-14/h4-9,11H,10H2,1-3H3. The molecule has 2 aromatic rings. The van der Waals surface area contributed by atoms with Gasteiger partial charge in [0.25, 0.3) is 0 Å². The Balaban J connectivity index is 2.18. The summed E-state index contributed by atoms with van der Waals surface area (Å²) in [5.74, 6) is 0. The Morgan fingerprint density at radius 3 is 2.29 bits per heavy atom. The van der Waals surface area contributed by atoms with Crippen LogP contribution in [-0.2, 0) is 6.42 Å². The van der Waals surface area contributed by atoms with E-state index in [1.807, 2.05) is 0 Å². The Bertz CT molecular complexity index is 576. The summed E-state index contributed by atoms with van der Waals surface area (Å²) in [5, 5.41) is 1.56. The molecule has 0 unspecified atom stereocenters. The van der Waals surface area contributed by atoms with E-state index in [4.69, 9.17) is 0 Å². The van der Waals surface area contributed by atoms with E-state index in [1.165, 1.54) is 22.3 Å². The topological polar surface area (TPSA) is 0 Å².